The first-order valence-corrected chi connectivity index (χ1v) is 8.09. The van der Waals surface area contributed by atoms with Gasteiger partial charge in [-0.15, -0.1) is 0 Å². The van der Waals surface area contributed by atoms with Crippen molar-refractivity contribution in [2.75, 3.05) is 5.32 Å². The summed E-state index contributed by atoms with van der Waals surface area (Å²) in [5.74, 6) is -1.01. The van der Waals surface area contributed by atoms with Gasteiger partial charge in [0.05, 0.1) is 10.2 Å². The van der Waals surface area contributed by atoms with Gasteiger partial charge in [-0.1, -0.05) is 26.7 Å². The Kier molecular flexibility index (Phi) is 5.02. The minimum atomic E-state index is -0.630. The average molecular weight is 360 g/mol. The van der Waals surface area contributed by atoms with Crippen LogP contribution in [0.2, 0.25) is 0 Å². The van der Waals surface area contributed by atoms with Crippen LogP contribution in [0, 0.1) is 23.0 Å². The third-order valence-corrected chi connectivity index (χ3v) is 4.71. The minimum Gasteiger partial charge on any atom is -0.323 e. The quantitative estimate of drug-likeness (QED) is 0.728. The fraction of sp³-hybridized carbons (Fsp3) is 0.562. The first-order valence-electron chi connectivity index (χ1n) is 7.30. The van der Waals surface area contributed by atoms with Crippen LogP contribution in [0.15, 0.2) is 16.6 Å². The molecule has 0 atom stereocenters. The van der Waals surface area contributed by atoms with Crippen molar-refractivity contribution in [1.29, 1.82) is 0 Å². The van der Waals surface area contributed by atoms with E-state index in [-0.39, 0.29) is 16.1 Å². The second-order valence-corrected chi connectivity index (χ2v) is 7.14. The maximum atomic E-state index is 13.9. The Labute approximate surface area is 132 Å². The molecule has 0 radical (unpaired) electrons. The number of hydrogen-bond donors (Lipinski definition) is 1. The topological polar surface area (TPSA) is 29.1 Å². The molecular weight excluding hydrogens is 340 g/mol. The smallest absolute Gasteiger partial charge is 0.230 e. The zero-order valence-electron chi connectivity index (χ0n) is 12.3. The van der Waals surface area contributed by atoms with E-state index < -0.39 is 17.0 Å². The molecule has 0 aromatic heterocycles. The van der Waals surface area contributed by atoms with Crippen LogP contribution in [0.4, 0.5) is 14.5 Å². The molecule has 1 N–H and O–H groups in total. The van der Waals surface area contributed by atoms with Crippen LogP contribution in [0.25, 0.3) is 0 Å². The molecule has 116 valence electrons. The SMILES string of the molecule is CC(C)CC1(C(=O)Nc2cc(F)c(Br)cc2F)CCCC1. The second kappa shape index (κ2) is 6.42. The molecule has 2 nitrogen and oxygen atoms in total. The highest BCUT2D eigenvalue weighted by molar-refractivity contribution is 9.10. The van der Waals surface area contributed by atoms with Gasteiger partial charge >= 0.3 is 0 Å². The van der Waals surface area contributed by atoms with Gasteiger partial charge in [0.25, 0.3) is 0 Å². The number of carbonyl (C=O) groups is 1. The lowest BCUT2D eigenvalue weighted by atomic mass is 9.77. The van der Waals surface area contributed by atoms with Gasteiger partial charge in [0.15, 0.2) is 0 Å². The number of nitrogens with one attached hydrogen (secondary N) is 1. The van der Waals surface area contributed by atoms with E-state index in [2.05, 4.69) is 35.1 Å². The van der Waals surface area contributed by atoms with E-state index in [0.29, 0.717) is 5.92 Å². The molecule has 1 aliphatic carbocycles. The van der Waals surface area contributed by atoms with E-state index in [1.807, 2.05) is 0 Å². The van der Waals surface area contributed by atoms with Gasteiger partial charge < -0.3 is 5.32 Å². The molecular formula is C16H20BrF2NO. The van der Waals surface area contributed by atoms with E-state index in [1.165, 1.54) is 0 Å². The first-order chi connectivity index (χ1) is 9.84. The third-order valence-electron chi connectivity index (χ3n) is 4.10. The fourth-order valence-electron chi connectivity index (χ4n) is 3.23. The van der Waals surface area contributed by atoms with E-state index in [4.69, 9.17) is 0 Å². The van der Waals surface area contributed by atoms with E-state index in [9.17, 15) is 13.6 Å². The summed E-state index contributed by atoms with van der Waals surface area (Å²) in [6.07, 6.45) is 4.43. The highest BCUT2D eigenvalue weighted by Crippen LogP contribution is 2.44. The van der Waals surface area contributed by atoms with Crippen LogP contribution in [0.5, 0.6) is 0 Å². The summed E-state index contributed by atoms with van der Waals surface area (Å²) in [6.45, 7) is 4.15. The lowest BCUT2D eigenvalue weighted by Crippen LogP contribution is -2.35. The van der Waals surface area contributed by atoms with E-state index in [0.717, 1.165) is 44.2 Å². The van der Waals surface area contributed by atoms with Gasteiger partial charge in [-0.2, -0.15) is 0 Å². The highest BCUT2D eigenvalue weighted by atomic mass is 79.9. The number of anilines is 1. The zero-order valence-corrected chi connectivity index (χ0v) is 13.9. The van der Waals surface area contributed by atoms with Gasteiger partial charge in [0.1, 0.15) is 11.6 Å². The molecule has 1 amide bonds. The summed E-state index contributed by atoms with van der Waals surface area (Å²) in [5.41, 5.74) is -0.528. The van der Waals surface area contributed by atoms with E-state index in [1.54, 1.807) is 0 Å². The molecule has 1 aromatic rings. The largest absolute Gasteiger partial charge is 0.323 e. The molecule has 2 rings (SSSR count). The number of benzene rings is 1. The monoisotopic (exact) mass is 359 g/mol. The molecule has 0 saturated heterocycles. The number of halogens is 3. The fourth-order valence-corrected chi connectivity index (χ4v) is 3.55. The van der Waals surface area contributed by atoms with Crippen molar-refractivity contribution in [3.8, 4) is 0 Å². The third kappa shape index (κ3) is 3.62. The molecule has 0 spiro atoms. The Hall–Kier alpha value is -0.970. The zero-order chi connectivity index (χ0) is 15.6. The summed E-state index contributed by atoms with van der Waals surface area (Å²) in [7, 11) is 0. The molecule has 1 fully saturated rings. The number of rotatable bonds is 4. The van der Waals surface area contributed by atoms with Crippen LogP contribution in [0.3, 0.4) is 0 Å². The minimum absolute atomic E-state index is 0.0516. The summed E-state index contributed by atoms with van der Waals surface area (Å²) in [5, 5.41) is 2.59. The summed E-state index contributed by atoms with van der Waals surface area (Å²) >= 11 is 2.93. The molecule has 0 unspecified atom stereocenters. The lowest BCUT2D eigenvalue weighted by Gasteiger charge is -2.29. The van der Waals surface area contributed by atoms with Crippen molar-refractivity contribution in [1.82, 2.24) is 0 Å². The average Bonchev–Trinajstić information content (AvgIpc) is 2.84. The highest BCUT2D eigenvalue weighted by Gasteiger charge is 2.41. The molecule has 21 heavy (non-hydrogen) atoms. The van der Waals surface area contributed by atoms with Crippen LogP contribution in [-0.4, -0.2) is 5.91 Å². The van der Waals surface area contributed by atoms with Gasteiger partial charge in [-0.05, 0) is 47.2 Å². The standard InChI is InChI=1S/C16H20BrF2NO/c1-10(2)9-16(5-3-4-6-16)15(21)20-14-8-12(18)11(17)7-13(14)19/h7-8,10H,3-6,9H2,1-2H3,(H,20,21). The number of hydrogen-bond acceptors (Lipinski definition) is 1. The van der Waals surface area contributed by atoms with Crippen molar-refractivity contribution in [2.45, 2.75) is 46.0 Å². The van der Waals surface area contributed by atoms with Crippen molar-refractivity contribution >= 4 is 27.5 Å². The first kappa shape index (κ1) is 16.4. The van der Waals surface area contributed by atoms with Gasteiger partial charge in [0.2, 0.25) is 5.91 Å². The number of amides is 1. The van der Waals surface area contributed by atoms with Crippen LogP contribution >= 0.6 is 15.9 Å². The molecule has 0 bridgehead atoms. The normalized spacial score (nSPS) is 17.2. The predicted octanol–water partition coefficient (Wildman–Crippen LogP) is 5.27. The van der Waals surface area contributed by atoms with Gasteiger partial charge in [-0.25, -0.2) is 8.78 Å². The molecule has 1 aliphatic rings. The maximum Gasteiger partial charge on any atom is 0.230 e. The molecule has 5 heteroatoms. The van der Waals surface area contributed by atoms with Crippen molar-refractivity contribution in [2.24, 2.45) is 11.3 Å². The van der Waals surface area contributed by atoms with Gasteiger partial charge in [0, 0.05) is 11.5 Å². The van der Waals surface area contributed by atoms with Crippen molar-refractivity contribution in [3.63, 3.8) is 0 Å². The van der Waals surface area contributed by atoms with E-state index >= 15 is 0 Å². The summed E-state index contributed by atoms with van der Waals surface area (Å²) in [4.78, 5) is 12.6. The maximum absolute atomic E-state index is 13.9. The molecule has 0 heterocycles. The van der Waals surface area contributed by atoms with Gasteiger partial charge in [-0.3, -0.25) is 4.79 Å². The lowest BCUT2D eigenvalue weighted by molar-refractivity contribution is -0.126. The molecule has 1 saturated carbocycles. The molecule has 0 aliphatic heterocycles. The number of carbonyl (C=O) groups excluding carboxylic acids is 1. The van der Waals surface area contributed by atoms with Crippen LogP contribution < -0.4 is 5.32 Å². The van der Waals surface area contributed by atoms with Crippen LogP contribution in [-0.2, 0) is 4.79 Å². The predicted molar refractivity (Wildman–Crippen MR) is 83.0 cm³/mol. The summed E-state index contributed by atoms with van der Waals surface area (Å²) in [6, 6.07) is 2.06. The molecule has 1 aromatic carbocycles. The Morgan fingerprint density at radius 2 is 1.90 bits per heavy atom. The Balaban J connectivity index is 2.21. The van der Waals surface area contributed by atoms with Crippen LogP contribution in [0.1, 0.15) is 46.0 Å². The Morgan fingerprint density at radius 1 is 1.29 bits per heavy atom. The summed E-state index contributed by atoms with van der Waals surface area (Å²) < 4.78 is 27.4. The van der Waals surface area contributed by atoms with Crippen molar-refractivity contribution < 1.29 is 13.6 Å². The Bertz CT molecular complexity index is 539. The second-order valence-electron chi connectivity index (χ2n) is 6.29. The van der Waals surface area contributed by atoms with Crippen molar-refractivity contribution in [3.05, 3.63) is 28.2 Å². The Morgan fingerprint density at radius 3 is 2.48 bits per heavy atom.